The average molecular weight is 388 g/mol. The fraction of sp³-hybridized carbons (Fsp3) is 0.591. The molecule has 1 aromatic carbocycles. The summed E-state index contributed by atoms with van der Waals surface area (Å²) in [5, 5.41) is 24.5. The van der Waals surface area contributed by atoms with Gasteiger partial charge in [0.25, 0.3) is 0 Å². The number of hydrogen-bond donors (Lipinski definition) is 4. The average Bonchev–Trinajstić information content (AvgIpc) is 2.69. The summed E-state index contributed by atoms with van der Waals surface area (Å²) in [7, 11) is 0. The lowest BCUT2D eigenvalue weighted by molar-refractivity contribution is 0.175. The number of benzene rings is 1. The Labute approximate surface area is 166 Å². The number of likely N-dealkylation sites (tertiary alicyclic amines) is 1. The molecule has 1 atom stereocenters. The lowest BCUT2D eigenvalue weighted by Crippen LogP contribution is -2.33. The Morgan fingerprint density at radius 2 is 1.96 bits per heavy atom. The Morgan fingerprint density at radius 3 is 2.75 bits per heavy atom. The van der Waals surface area contributed by atoms with Crippen LogP contribution in [0.1, 0.15) is 50.7 Å². The van der Waals surface area contributed by atoms with Gasteiger partial charge in [-0.05, 0) is 75.5 Å². The van der Waals surface area contributed by atoms with Crippen LogP contribution in [0, 0.1) is 5.92 Å². The third kappa shape index (κ3) is 5.56. The van der Waals surface area contributed by atoms with Gasteiger partial charge in [-0.15, -0.1) is 0 Å². The second-order valence-electron chi connectivity index (χ2n) is 8.09. The third-order valence-electron chi connectivity index (χ3n) is 5.81. The van der Waals surface area contributed by atoms with Crippen molar-refractivity contribution in [2.24, 2.45) is 5.92 Å². The first-order chi connectivity index (χ1) is 13.5. The number of nitrogens with zero attached hydrogens (tertiary/aromatic N) is 1. The van der Waals surface area contributed by atoms with E-state index < -0.39 is 6.10 Å². The number of piperidine rings is 1. The number of phenolic OH excluding ortho intramolecular Hbond substituents is 1. The van der Waals surface area contributed by atoms with Crippen LogP contribution in [0.15, 0.2) is 29.1 Å². The predicted molar refractivity (Wildman–Crippen MR) is 113 cm³/mol. The zero-order valence-electron chi connectivity index (χ0n) is 16.8. The third-order valence-corrected chi connectivity index (χ3v) is 5.81. The number of aliphatic hydroxyl groups excluding tert-OH is 1. The van der Waals surface area contributed by atoms with E-state index in [0.29, 0.717) is 23.0 Å². The quantitative estimate of drug-likeness (QED) is 0.497. The maximum atomic E-state index is 11.5. The maximum absolute atomic E-state index is 11.5. The molecule has 1 aromatic heterocycles. The molecule has 0 spiro atoms. The minimum atomic E-state index is -0.690. The van der Waals surface area contributed by atoms with Crippen molar-refractivity contribution in [1.82, 2.24) is 15.2 Å². The van der Waals surface area contributed by atoms with Crippen molar-refractivity contribution < 1.29 is 10.2 Å². The molecule has 0 unspecified atom stereocenters. The number of aromatic amines is 1. The number of aromatic hydroxyl groups is 1. The van der Waals surface area contributed by atoms with E-state index in [2.05, 4.69) is 22.1 Å². The van der Waals surface area contributed by atoms with Crippen LogP contribution in [0.2, 0.25) is 0 Å². The van der Waals surface area contributed by atoms with Crippen LogP contribution in [0.3, 0.4) is 0 Å². The van der Waals surface area contributed by atoms with E-state index in [1.165, 1.54) is 57.5 Å². The van der Waals surface area contributed by atoms with Gasteiger partial charge in [0.15, 0.2) is 0 Å². The Balaban J connectivity index is 1.38. The normalized spacial score (nSPS) is 17.2. The molecule has 154 valence electrons. The first-order valence-electron chi connectivity index (χ1n) is 10.5. The van der Waals surface area contributed by atoms with Crippen LogP contribution in [0.5, 0.6) is 5.75 Å². The molecular weight excluding hydrogens is 354 g/mol. The number of rotatable bonds is 9. The van der Waals surface area contributed by atoms with Crippen LogP contribution in [0.25, 0.3) is 10.9 Å². The highest BCUT2D eigenvalue weighted by molar-refractivity contribution is 5.87. The number of hydrogen-bond acceptors (Lipinski definition) is 5. The summed E-state index contributed by atoms with van der Waals surface area (Å²) in [6.07, 6.45) is 5.50. The van der Waals surface area contributed by atoms with Crippen LogP contribution < -0.4 is 10.9 Å². The highest BCUT2D eigenvalue weighted by atomic mass is 16.3. The van der Waals surface area contributed by atoms with Gasteiger partial charge in [-0.2, -0.15) is 0 Å². The molecule has 1 fully saturated rings. The molecule has 1 saturated heterocycles. The molecule has 6 nitrogen and oxygen atoms in total. The van der Waals surface area contributed by atoms with Crippen molar-refractivity contribution in [1.29, 1.82) is 0 Å². The molecule has 0 bridgehead atoms. The fourth-order valence-electron chi connectivity index (χ4n) is 3.95. The molecule has 0 amide bonds. The van der Waals surface area contributed by atoms with Crippen LogP contribution in [-0.2, 0) is 0 Å². The van der Waals surface area contributed by atoms with Crippen molar-refractivity contribution in [2.45, 2.75) is 45.1 Å². The van der Waals surface area contributed by atoms with Gasteiger partial charge < -0.3 is 25.4 Å². The lowest BCUT2D eigenvalue weighted by atomic mass is 9.99. The summed E-state index contributed by atoms with van der Waals surface area (Å²) in [6, 6.07) is 6.28. The number of unbranched alkanes of at least 4 members (excludes halogenated alkanes) is 2. The van der Waals surface area contributed by atoms with Gasteiger partial charge in [0, 0.05) is 18.0 Å². The summed E-state index contributed by atoms with van der Waals surface area (Å²) in [5.41, 5.74) is 0.804. The SMILES string of the molecule is CC1CCN(CCCCCNC[C@@H](O)c2ccc(O)c3[nH]c(=O)ccc23)CC1. The van der Waals surface area contributed by atoms with E-state index in [9.17, 15) is 15.0 Å². The number of nitrogens with one attached hydrogen (secondary N) is 2. The summed E-state index contributed by atoms with van der Waals surface area (Å²) in [5.74, 6) is 0.901. The summed E-state index contributed by atoms with van der Waals surface area (Å²) in [4.78, 5) is 16.7. The monoisotopic (exact) mass is 387 g/mol. The second-order valence-corrected chi connectivity index (χ2v) is 8.09. The fourth-order valence-corrected chi connectivity index (χ4v) is 3.95. The topological polar surface area (TPSA) is 88.6 Å². The summed E-state index contributed by atoms with van der Waals surface area (Å²) in [6.45, 7) is 7.36. The van der Waals surface area contributed by atoms with Gasteiger partial charge in [0.2, 0.25) is 5.56 Å². The summed E-state index contributed by atoms with van der Waals surface area (Å²) >= 11 is 0. The molecule has 28 heavy (non-hydrogen) atoms. The van der Waals surface area contributed by atoms with Gasteiger partial charge in [0.1, 0.15) is 5.75 Å². The molecule has 1 aliphatic heterocycles. The van der Waals surface area contributed by atoms with E-state index in [0.717, 1.165) is 18.9 Å². The largest absolute Gasteiger partial charge is 0.506 e. The van der Waals surface area contributed by atoms with Gasteiger partial charge in [-0.3, -0.25) is 4.79 Å². The molecule has 3 rings (SSSR count). The number of phenols is 1. The van der Waals surface area contributed by atoms with Crippen molar-refractivity contribution in [3.8, 4) is 5.75 Å². The Hall–Kier alpha value is -1.89. The number of aliphatic hydroxyl groups is 1. The maximum Gasteiger partial charge on any atom is 0.248 e. The molecule has 1 aliphatic rings. The van der Waals surface area contributed by atoms with Gasteiger partial charge in [-0.1, -0.05) is 19.4 Å². The van der Waals surface area contributed by atoms with E-state index in [-0.39, 0.29) is 11.3 Å². The number of aromatic nitrogens is 1. The highest BCUT2D eigenvalue weighted by Crippen LogP contribution is 2.28. The first-order valence-corrected chi connectivity index (χ1v) is 10.5. The molecule has 0 saturated carbocycles. The van der Waals surface area contributed by atoms with Crippen molar-refractivity contribution >= 4 is 10.9 Å². The zero-order valence-corrected chi connectivity index (χ0v) is 16.8. The number of fused-ring (bicyclic) bond motifs is 1. The second kappa shape index (κ2) is 10.0. The molecule has 6 heteroatoms. The first kappa shape index (κ1) is 20.8. The molecule has 0 radical (unpaired) electrons. The molecule has 2 heterocycles. The molecule has 4 N–H and O–H groups in total. The molecule has 2 aromatic rings. The lowest BCUT2D eigenvalue weighted by Gasteiger charge is -2.30. The van der Waals surface area contributed by atoms with Crippen LogP contribution in [0.4, 0.5) is 0 Å². The Kier molecular flexibility index (Phi) is 7.48. The smallest absolute Gasteiger partial charge is 0.248 e. The van der Waals surface area contributed by atoms with Gasteiger partial charge in [0.05, 0.1) is 11.6 Å². The highest BCUT2D eigenvalue weighted by Gasteiger charge is 2.15. The van der Waals surface area contributed by atoms with Crippen LogP contribution >= 0.6 is 0 Å². The Morgan fingerprint density at radius 1 is 1.18 bits per heavy atom. The minimum absolute atomic E-state index is 0.0137. The van der Waals surface area contributed by atoms with E-state index in [4.69, 9.17) is 0 Å². The molecular formula is C22H33N3O3. The number of H-pyrrole nitrogens is 1. The van der Waals surface area contributed by atoms with E-state index in [1.54, 1.807) is 12.1 Å². The van der Waals surface area contributed by atoms with Crippen LogP contribution in [-0.4, -0.2) is 52.8 Å². The minimum Gasteiger partial charge on any atom is -0.506 e. The van der Waals surface area contributed by atoms with Gasteiger partial charge >= 0.3 is 0 Å². The Bertz CT molecular complexity index is 812. The number of pyridine rings is 1. The van der Waals surface area contributed by atoms with Crippen molar-refractivity contribution in [2.75, 3.05) is 32.7 Å². The van der Waals surface area contributed by atoms with E-state index >= 15 is 0 Å². The van der Waals surface area contributed by atoms with Crippen molar-refractivity contribution in [3.05, 3.63) is 40.2 Å². The summed E-state index contributed by atoms with van der Waals surface area (Å²) < 4.78 is 0. The van der Waals surface area contributed by atoms with E-state index in [1.807, 2.05) is 0 Å². The van der Waals surface area contributed by atoms with Gasteiger partial charge in [-0.25, -0.2) is 0 Å². The molecule has 0 aliphatic carbocycles. The predicted octanol–water partition coefficient (Wildman–Crippen LogP) is 2.76. The van der Waals surface area contributed by atoms with Crippen molar-refractivity contribution in [3.63, 3.8) is 0 Å². The zero-order chi connectivity index (χ0) is 19.9. The standard InChI is InChI=1S/C22H33N3O3/c1-16-9-13-25(14-10-16)12-4-2-3-11-23-15-20(27)17-5-7-19(26)22-18(17)6-8-21(28)24-22/h5-8,16,20,23,26-27H,2-4,9-15H2,1H3,(H,24,28)/t20-/m1/s1.